The number of carbonyl (C=O) groups is 1. The Balaban J connectivity index is 1.59. The molecule has 3 rings (SSSR count). The number of nitrogens with one attached hydrogen (secondary N) is 1. The summed E-state index contributed by atoms with van der Waals surface area (Å²) in [5.74, 6) is 0.884. The summed E-state index contributed by atoms with van der Waals surface area (Å²) in [6.07, 6.45) is 5.09. The van der Waals surface area contributed by atoms with E-state index >= 15 is 0 Å². The van der Waals surface area contributed by atoms with Crippen molar-refractivity contribution in [1.29, 1.82) is 0 Å². The fraction of sp³-hybridized carbons (Fsp3) is 0.421. The monoisotopic (exact) mass is 346 g/mol. The van der Waals surface area contributed by atoms with E-state index in [9.17, 15) is 4.79 Å². The van der Waals surface area contributed by atoms with Crippen molar-refractivity contribution >= 4 is 17.5 Å². The molecule has 1 N–H and O–H groups in total. The second-order valence-corrected chi connectivity index (χ2v) is 6.57. The van der Waals surface area contributed by atoms with E-state index < -0.39 is 0 Å². The number of furan rings is 1. The summed E-state index contributed by atoms with van der Waals surface area (Å²) in [7, 11) is 0. The highest BCUT2D eigenvalue weighted by atomic mass is 35.5. The number of nitrogens with zero attached hydrogens (tertiary/aromatic N) is 1. The Morgan fingerprint density at radius 3 is 2.71 bits per heavy atom. The van der Waals surface area contributed by atoms with Crippen molar-refractivity contribution in [2.24, 2.45) is 0 Å². The maximum absolute atomic E-state index is 12.2. The summed E-state index contributed by atoms with van der Waals surface area (Å²) < 4.78 is 5.27. The van der Waals surface area contributed by atoms with Crippen LogP contribution in [-0.2, 0) is 11.2 Å². The Hall–Kier alpha value is -1.78. The highest BCUT2D eigenvalue weighted by molar-refractivity contribution is 6.31. The lowest BCUT2D eigenvalue weighted by Gasteiger charge is -2.29. The second kappa shape index (κ2) is 8.36. The van der Waals surface area contributed by atoms with Crippen molar-refractivity contribution in [1.82, 2.24) is 10.2 Å². The minimum atomic E-state index is 0.0441. The molecule has 1 aromatic heterocycles. The molecule has 4 nitrogen and oxygen atoms in total. The molecule has 1 fully saturated rings. The number of aryl methyl sites for hydroxylation is 1. The third-order valence-electron chi connectivity index (χ3n) is 4.52. The van der Waals surface area contributed by atoms with Gasteiger partial charge in [-0.05, 0) is 49.7 Å². The first kappa shape index (κ1) is 17.1. The Morgan fingerprint density at radius 2 is 2.00 bits per heavy atom. The van der Waals surface area contributed by atoms with Gasteiger partial charge < -0.3 is 9.73 Å². The number of carbonyl (C=O) groups excluding carboxylic acids is 1. The van der Waals surface area contributed by atoms with Gasteiger partial charge in [-0.15, -0.1) is 0 Å². The van der Waals surface area contributed by atoms with E-state index in [-0.39, 0.29) is 11.9 Å². The van der Waals surface area contributed by atoms with Gasteiger partial charge in [-0.3, -0.25) is 9.69 Å². The van der Waals surface area contributed by atoms with Gasteiger partial charge >= 0.3 is 0 Å². The molecule has 1 amide bonds. The zero-order chi connectivity index (χ0) is 16.8. The third kappa shape index (κ3) is 4.40. The fourth-order valence-corrected chi connectivity index (χ4v) is 3.49. The summed E-state index contributed by atoms with van der Waals surface area (Å²) >= 11 is 6.39. The number of benzene rings is 1. The van der Waals surface area contributed by atoms with E-state index in [1.807, 2.05) is 30.3 Å². The quantitative estimate of drug-likeness (QED) is 0.829. The Morgan fingerprint density at radius 1 is 1.21 bits per heavy atom. The summed E-state index contributed by atoms with van der Waals surface area (Å²) in [4.78, 5) is 14.6. The molecule has 128 valence electrons. The zero-order valence-electron chi connectivity index (χ0n) is 13.7. The summed E-state index contributed by atoms with van der Waals surface area (Å²) in [6.45, 7) is 2.69. The predicted octanol–water partition coefficient (Wildman–Crippen LogP) is 3.82. The molecular formula is C19H23ClN2O2. The van der Waals surface area contributed by atoms with Gasteiger partial charge in [0.15, 0.2) is 0 Å². The molecule has 1 unspecified atom stereocenters. The topological polar surface area (TPSA) is 45.5 Å². The lowest BCUT2D eigenvalue weighted by Crippen LogP contribution is -2.37. The molecule has 0 aliphatic carbocycles. The average molecular weight is 347 g/mol. The Kier molecular flexibility index (Phi) is 5.94. The number of halogens is 1. The minimum absolute atomic E-state index is 0.0441. The molecular weight excluding hydrogens is 324 g/mol. The largest absolute Gasteiger partial charge is 0.469 e. The van der Waals surface area contributed by atoms with Crippen LogP contribution < -0.4 is 5.32 Å². The van der Waals surface area contributed by atoms with Gasteiger partial charge in [0.05, 0.1) is 12.3 Å². The van der Waals surface area contributed by atoms with Crippen molar-refractivity contribution < 1.29 is 9.21 Å². The van der Waals surface area contributed by atoms with Crippen LogP contribution in [0.15, 0.2) is 47.1 Å². The first-order chi connectivity index (χ1) is 11.7. The highest BCUT2D eigenvalue weighted by Crippen LogP contribution is 2.29. The molecule has 1 aromatic carbocycles. The third-order valence-corrected chi connectivity index (χ3v) is 4.86. The molecule has 0 spiro atoms. The lowest BCUT2D eigenvalue weighted by atomic mass is 10.1. The number of hydrogen-bond donors (Lipinski definition) is 1. The summed E-state index contributed by atoms with van der Waals surface area (Å²) in [5.41, 5.74) is 1.09. The van der Waals surface area contributed by atoms with E-state index in [0.717, 1.165) is 29.4 Å². The number of rotatable bonds is 7. The van der Waals surface area contributed by atoms with Gasteiger partial charge in [0.25, 0.3) is 0 Å². The van der Waals surface area contributed by atoms with Crippen LogP contribution in [0.4, 0.5) is 0 Å². The van der Waals surface area contributed by atoms with Gasteiger partial charge in [0.2, 0.25) is 5.91 Å². The van der Waals surface area contributed by atoms with Crippen LogP contribution in [0.1, 0.15) is 36.6 Å². The van der Waals surface area contributed by atoms with E-state index in [2.05, 4.69) is 16.3 Å². The van der Waals surface area contributed by atoms with Crippen molar-refractivity contribution in [2.75, 3.05) is 19.6 Å². The van der Waals surface area contributed by atoms with Crippen molar-refractivity contribution in [2.45, 2.75) is 31.7 Å². The molecule has 1 saturated heterocycles. The van der Waals surface area contributed by atoms with Crippen LogP contribution >= 0.6 is 11.6 Å². The van der Waals surface area contributed by atoms with E-state index in [1.54, 1.807) is 6.26 Å². The van der Waals surface area contributed by atoms with Crippen molar-refractivity contribution in [3.8, 4) is 0 Å². The van der Waals surface area contributed by atoms with Crippen molar-refractivity contribution in [3.05, 3.63) is 59.0 Å². The minimum Gasteiger partial charge on any atom is -0.469 e. The SMILES string of the molecule is O=C(CCc1ccco1)NCC(c1ccccc1Cl)N1CCCC1. The normalized spacial score (nSPS) is 16.2. The van der Waals surface area contributed by atoms with Crippen LogP contribution in [0.5, 0.6) is 0 Å². The molecule has 0 saturated carbocycles. The molecule has 0 radical (unpaired) electrons. The predicted molar refractivity (Wildman–Crippen MR) is 95.0 cm³/mol. The van der Waals surface area contributed by atoms with E-state index in [0.29, 0.717) is 19.4 Å². The van der Waals surface area contributed by atoms with E-state index in [1.165, 1.54) is 12.8 Å². The molecule has 1 aliphatic rings. The first-order valence-electron chi connectivity index (χ1n) is 8.51. The van der Waals surface area contributed by atoms with Gasteiger partial charge in [0, 0.05) is 24.4 Å². The van der Waals surface area contributed by atoms with Crippen LogP contribution in [0.25, 0.3) is 0 Å². The van der Waals surface area contributed by atoms with Gasteiger partial charge in [-0.1, -0.05) is 29.8 Å². The first-order valence-corrected chi connectivity index (χ1v) is 8.89. The van der Waals surface area contributed by atoms with Crippen LogP contribution in [0.2, 0.25) is 5.02 Å². The maximum atomic E-state index is 12.2. The van der Waals surface area contributed by atoms with Gasteiger partial charge in [-0.25, -0.2) is 0 Å². The number of amides is 1. The molecule has 1 aliphatic heterocycles. The molecule has 2 heterocycles. The average Bonchev–Trinajstić information content (AvgIpc) is 3.28. The van der Waals surface area contributed by atoms with Crippen LogP contribution in [-0.4, -0.2) is 30.4 Å². The summed E-state index contributed by atoms with van der Waals surface area (Å²) in [6, 6.07) is 11.8. The van der Waals surface area contributed by atoms with Gasteiger partial charge in [-0.2, -0.15) is 0 Å². The molecule has 24 heavy (non-hydrogen) atoms. The van der Waals surface area contributed by atoms with Crippen LogP contribution in [0.3, 0.4) is 0 Å². The maximum Gasteiger partial charge on any atom is 0.220 e. The molecule has 2 aromatic rings. The molecule has 0 bridgehead atoms. The zero-order valence-corrected chi connectivity index (χ0v) is 14.5. The molecule has 1 atom stereocenters. The highest BCUT2D eigenvalue weighted by Gasteiger charge is 2.25. The number of hydrogen-bond acceptors (Lipinski definition) is 3. The smallest absolute Gasteiger partial charge is 0.220 e. The van der Waals surface area contributed by atoms with E-state index in [4.69, 9.17) is 16.0 Å². The Bertz CT molecular complexity index is 651. The molecule has 5 heteroatoms. The Labute approximate surface area is 147 Å². The van der Waals surface area contributed by atoms with Gasteiger partial charge in [0.1, 0.15) is 5.76 Å². The summed E-state index contributed by atoms with van der Waals surface area (Å²) in [5, 5.41) is 3.83. The van der Waals surface area contributed by atoms with Crippen molar-refractivity contribution in [3.63, 3.8) is 0 Å². The fourth-order valence-electron chi connectivity index (χ4n) is 3.22. The lowest BCUT2D eigenvalue weighted by molar-refractivity contribution is -0.121. The van der Waals surface area contributed by atoms with Crippen LogP contribution in [0, 0.1) is 0 Å². The standard InChI is InChI=1S/C19H23ClN2O2/c20-17-8-2-1-7-16(17)18(22-11-3-4-12-22)14-21-19(23)10-9-15-6-5-13-24-15/h1-2,5-8,13,18H,3-4,9-12,14H2,(H,21,23). The second-order valence-electron chi connectivity index (χ2n) is 6.16. The number of likely N-dealkylation sites (tertiary alicyclic amines) is 1.